The summed E-state index contributed by atoms with van der Waals surface area (Å²) in [6, 6.07) is 20.7. The molecule has 22 heteroatoms. The number of aromatic hydroxyl groups is 1. The number of likely N-dealkylation sites (tertiary alicyclic amines) is 1. The van der Waals surface area contributed by atoms with Crippen LogP contribution in [-0.2, 0) is 30.5 Å². The Morgan fingerprint density at radius 2 is 1.70 bits per heavy atom. The van der Waals surface area contributed by atoms with E-state index in [4.69, 9.17) is 35.6 Å². The Hall–Kier alpha value is -7.46. The molecule has 3 atom stereocenters. The summed E-state index contributed by atoms with van der Waals surface area (Å²) in [5.74, 6) is -1.56. The molecule has 3 aromatic heterocycles. The van der Waals surface area contributed by atoms with Gasteiger partial charge in [-0.3, -0.25) is 19.2 Å². The first-order valence-electron chi connectivity index (χ1n) is 27.3. The maximum Gasteiger partial charge on any atom is 0.254 e. The van der Waals surface area contributed by atoms with Crippen molar-refractivity contribution in [2.24, 2.45) is 5.92 Å². The summed E-state index contributed by atoms with van der Waals surface area (Å²) < 4.78 is 35.2. The summed E-state index contributed by atoms with van der Waals surface area (Å²) >= 11 is 8.56. The topological polar surface area (TPSA) is 220 Å². The second kappa shape index (κ2) is 26.0. The predicted molar refractivity (Wildman–Crippen MR) is 309 cm³/mol. The number of halogens is 2. The summed E-state index contributed by atoms with van der Waals surface area (Å²) in [6.07, 6.45) is 0.550. The van der Waals surface area contributed by atoms with Crippen molar-refractivity contribution in [3.05, 3.63) is 106 Å². The Kier molecular flexibility index (Phi) is 18.7. The normalized spacial score (nSPS) is 15.9. The van der Waals surface area contributed by atoms with Gasteiger partial charge < -0.3 is 54.0 Å². The molecule has 3 N–H and O–H groups in total. The Labute approximate surface area is 478 Å². The van der Waals surface area contributed by atoms with E-state index in [0.29, 0.717) is 73.2 Å². The van der Waals surface area contributed by atoms with Crippen molar-refractivity contribution < 1.29 is 47.8 Å². The minimum atomic E-state index is -0.867. The van der Waals surface area contributed by atoms with Gasteiger partial charge in [0.15, 0.2) is 11.6 Å². The van der Waals surface area contributed by atoms with Crippen molar-refractivity contribution in [1.29, 1.82) is 0 Å². The van der Waals surface area contributed by atoms with Crippen LogP contribution in [0.3, 0.4) is 0 Å². The number of aliphatic hydroxyl groups is 1. The van der Waals surface area contributed by atoms with Gasteiger partial charge in [-0.25, -0.2) is 14.4 Å². The monoisotopic (exact) mass is 1150 g/mol. The Balaban J connectivity index is 0.827. The Morgan fingerprint density at radius 1 is 0.951 bits per heavy atom. The van der Waals surface area contributed by atoms with Crippen molar-refractivity contribution >= 4 is 80.0 Å². The average molecular weight is 1150 g/mol. The van der Waals surface area contributed by atoms with Gasteiger partial charge >= 0.3 is 0 Å². The fourth-order valence-electron chi connectivity index (χ4n) is 10.4. The molecule has 81 heavy (non-hydrogen) atoms. The molecule has 2 fully saturated rings. The van der Waals surface area contributed by atoms with E-state index in [1.54, 1.807) is 53.4 Å². The number of piperazine rings is 1. The Bertz CT molecular complexity index is 3390. The molecule has 9 rings (SSSR count). The van der Waals surface area contributed by atoms with E-state index < -0.39 is 23.9 Å². The first kappa shape index (κ1) is 58.2. The van der Waals surface area contributed by atoms with E-state index in [-0.39, 0.29) is 121 Å². The predicted octanol–water partition coefficient (Wildman–Crippen LogP) is 8.21. The summed E-state index contributed by atoms with van der Waals surface area (Å²) in [6.45, 7) is 10.5. The number of amides is 4. The van der Waals surface area contributed by atoms with Crippen LogP contribution in [0.4, 0.5) is 16.2 Å². The zero-order chi connectivity index (χ0) is 57.5. The van der Waals surface area contributed by atoms with Gasteiger partial charge in [-0.05, 0) is 76.5 Å². The smallest absolute Gasteiger partial charge is 0.254 e. The third kappa shape index (κ3) is 13.5. The lowest BCUT2D eigenvalue weighted by atomic mass is 9.91. The van der Waals surface area contributed by atoms with Gasteiger partial charge in [0, 0.05) is 110 Å². The maximum atomic E-state index is 17.4. The number of aliphatic hydroxyl groups excluding tert-OH is 1. The number of hydrogen-bond donors (Lipinski definition) is 3. The fourth-order valence-corrected chi connectivity index (χ4v) is 11.5. The molecule has 0 spiro atoms. The number of thiazole rings is 1. The molecule has 0 aliphatic carbocycles. The SMILES string of the molecule is CC(=O)N1CCN(c2nc(N(CCOCCCCOc3cc([C@@H](C(=O)N4CC(O)CC4C(=O)NCc4ccc(-c5scnc5C)cc4)C(C)C)on3)CCC(=O)N(C)C)nc3c(F)c(-c4cc(O)cc5ccccc45)c(Cl)cc23)CC1. The van der Waals surface area contributed by atoms with Crippen molar-refractivity contribution in [3.63, 3.8) is 0 Å². The Morgan fingerprint density at radius 3 is 2.42 bits per heavy atom. The number of nitrogens with zero attached hydrogens (tertiary/aromatic N) is 9. The van der Waals surface area contributed by atoms with Crippen molar-refractivity contribution in [2.45, 2.75) is 78.0 Å². The first-order chi connectivity index (χ1) is 38.9. The molecule has 0 radical (unpaired) electrons. The number of phenolic OH excluding ortho intramolecular Hbond substituents is 1. The third-order valence-electron chi connectivity index (χ3n) is 14.8. The van der Waals surface area contributed by atoms with E-state index in [0.717, 1.165) is 21.7 Å². The van der Waals surface area contributed by atoms with E-state index in [9.17, 15) is 29.4 Å². The summed E-state index contributed by atoms with van der Waals surface area (Å²) in [7, 11) is 3.35. The highest BCUT2D eigenvalue weighted by Gasteiger charge is 2.43. The quantitative estimate of drug-likeness (QED) is 0.0545. The standard InChI is InChI=1S/C59H68ClFN10O9S/c1-35(2)51(58(77)71-33-42(74)29-47(71)57(76)62-32-38-13-15-39(16-14-38)55-36(3)63-34-81-55)48-31-49(66-80-48)79-25-10-9-24-78-26-23-70(18-17-50(75)67(5)6)59-64-54-45(56(65-59)69-21-19-68(20-22-69)37(4)72)30-46(60)52(53(54)61)44-28-41(73)27-40-11-7-8-12-43(40)44/h7-8,11-16,27-28,30-31,34-35,42,47,51,73-74H,9-10,17-26,29,32-33H2,1-6H3,(H,62,76)/t42?,47?,51-/m0/s1. The molecule has 7 aromatic rings. The number of fused-ring (bicyclic) bond motifs is 2. The second-order valence-corrected chi connectivity index (χ2v) is 22.3. The number of β-amino-alcohol motifs (C(OH)–C–C–N with tert-alkyl or cyclic N) is 1. The molecule has 5 heterocycles. The molecule has 4 amide bonds. The molecule has 2 unspecified atom stereocenters. The number of aromatic nitrogens is 4. The minimum Gasteiger partial charge on any atom is -0.508 e. The number of nitrogens with one attached hydrogen (secondary N) is 1. The van der Waals surface area contributed by atoms with Crippen LogP contribution in [0.1, 0.15) is 69.4 Å². The third-order valence-corrected chi connectivity index (χ3v) is 16.1. The minimum absolute atomic E-state index is 0.00299. The maximum absolute atomic E-state index is 17.4. The van der Waals surface area contributed by atoms with Gasteiger partial charge in [-0.15, -0.1) is 11.3 Å². The highest BCUT2D eigenvalue weighted by molar-refractivity contribution is 7.13. The van der Waals surface area contributed by atoms with Crippen LogP contribution in [0, 0.1) is 18.7 Å². The van der Waals surface area contributed by atoms with Crippen LogP contribution in [0.25, 0.3) is 43.2 Å². The van der Waals surface area contributed by atoms with Crippen molar-refractivity contribution in [3.8, 4) is 33.2 Å². The number of aryl methyl sites for hydroxylation is 1. The lowest BCUT2D eigenvalue weighted by Gasteiger charge is -2.36. The molecule has 0 saturated carbocycles. The summed E-state index contributed by atoms with van der Waals surface area (Å²) in [4.78, 5) is 76.9. The fraction of sp³-hybridized carbons (Fsp3) is 0.424. The number of phenols is 1. The number of ether oxygens (including phenoxy) is 2. The lowest BCUT2D eigenvalue weighted by Crippen LogP contribution is -2.48. The van der Waals surface area contributed by atoms with E-state index in [2.05, 4.69) is 15.5 Å². The first-order valence-corrected chi connectivity index (χ1v) is 28.5. The van der Waals surface area contributed by atoms with Gasteiger partial charge in [-0.2, -0.15) is 4.98 Å². The molecule has 428 valence electrons. The number of rotatable bonds is 22. The molecule has 2 aliphatic heterocycles. The van der Waals surface area contributed by atoms with E-state index in [1.807, 2.05) is 79.7 Å². The van der Waals surface area contributed by atoms with E-state index in [1.165, 1.54) is 22.8 Å². The number of anilines is 2. The van der Waals surface area contributed by atoms with Crippen LogP contribution in [0.15, 0.2) is 82.8 Å². The van der Waals surface area contributed by atoms with Crippen molar-refractivity contribution in [2.75, 3.05) is 89.5 Å². The highest BCUT2D eigenvalue weighted by Crippen LogP contribution is 2.43. The van der Waals surface area contributed by atoms with Gasteiger partial charge in [0.05, 0.1) is 40.4 Å². The molecule has 2 aliphatic rings. The van der Waals surface area contributed by atoms with Gasteiger partial charge in [0.2, 0.25) is 29.6 Å². The summed E-state index contributed by atoms with van der Waals surface area (Å²) in [5.41, 5.74) is 5.18. The van der Waals surface area contributed by atoms with Crippen LogP contribution >= 0.6 is 22.9 Å². The van der Waals surface area contributed by atoms with Gasteiger partial charge in [0.25, 0.3) is 5.88 Å². The number of carbonyl (C=O) groups is 4. The molecule has 2 saturated heterocycles. The number of hydrogen-bond acceptors (Lipinski definition) is 16. The molecule has 19 nitrogen and oxygen atoms in total. The zero-order valence-corrected chi connectivity index (χ0v) is 47.9. The van der Waals surface area contributed by atoms with Gasteiger partial charge in [-0.1, -0.05) is 74.0 Å². The second-order valence-electron chi connectivity index (χ2n) is 21.1. The zero-order valence-electron chi connectivity index (χ0n) is 46.4. The molecular formula is C59H68ClFN10O9S. The molecule has 4 aromatic carbocycles. The van der Waals surface area contributed by atoms with Crippen LogP contribution < -0.4 is 19.9 Å². The lowest BCUT2D eigenvalue weighted by molar-refractivity contribution is -0.141. The highest BCUT2D eigenvalue weighted by atomic mass is 35.5. The largest absolute Gasteiger partial charge is 0.508 e. The molecular weight excluding hydrogens is 1080 g/mol. The van der Waals surface area contributed by atoms with Crippen LogP contribution in [0.2, 0.25) is 5.02 Å². The van der Waals surface area contributed by atoms with Crippen LogP contribution in [0.5, 0.6) is 11.6 Å². The average Bonchev–Trinajstić information content (AvgIpc) is 4.09. The van der Waals surface area contributed by atoms with E-state index >= 15 is 4.39 Å². The van der Waals surface area contributed by atoms with Crippen LogP contribution in [-0.4, -0.2) is 161 Å². The number of carbonyl (C=O) groups excluding carboxylic acids is 4. The van der Waals surface area contributed by atoms with Crippen molar-refractivity contribution in [1.82, 2.24) is 40.1 Å². The molecule has 0 bridgehead atoms. The summed E-state index contributed by atoms with van der Waals surface area (Å²) in [5, 5.41) is 30.4. The number of benzene rings is 4. The van der Waals surface area contributed by atoms with Gasteiger partial charge in [0.1, 0.15) is 29.0 Å². The number of unbranched alkanes of at least 4 members (excludes halogenated alkanes) is 1.